The number of alkyl halides is 1. The van der Waals surface area contributed by atoms with Crippen LogP contribution in [0.5, 0.6) is 0 Å². The van der Waals surface area contributed by atoms with E-state index >= 15 is 4.39 Å². The number of benzene rings is 2. The van der Waals surface area contributed by atoms with E-state index < -0.39 is 16.4 Å². The van der Waals surface area contributed by atoms with Crippen LogP contribution in [0.4, 0.5) is 20.2 Å². The second-order valence-electron chi connectivity index (χ2n) is 7.22. The molecule has 154 valence electrons. The summed E-state index contributed by atoms with van der Waals surface area (Å²) in [4.78, 5) is 24.3. The maximum absolute atomic E-state index is 15.1. The third-order valence-corrected chi connectivity index (χ3v) is 5.39. The van der Waals surface area contributed by atoms with Crippen LogP contribution in [0.3, 0.4) is 0 Å². The van der Waals surface area contributed by atoms with Crippen molar-refractivity contribution in [3.63, 3.8) is 0 Å². The van der Waals surface area contributed by atoms with Gasteiger partial charge in [0.25, 0.3) is 5.69 Å². The zero-order valence-corrected chi connectivity index (χ0v) is 16.2. The lowest BCUT2D eigenvalue weighted by molar-refractivity contribution is -0.384. The largest absolute Gasteiger partial charge is 0.469 e. The molecule has 3 rings (SSSR count). The second kappa shape index (κ2) is 8.14. The van der Waals surface area contributed by atoms with Crippen molar-refractivity contribution < 1.29 is 23.2 Å². The van der Waals surface area contributed by atoms with Crippen LogP contribution in [0.2, 0.25) is 0 Å². The molecule has 8 heteroatoms. The number of ether oxygens (including phenoxy) is 1. The Morgan fingerprint density at radius 2 is 1.93 bits per heavy atom. The highest BCUT2D eigenvalue weighted by Gasteiger charge is 2.46. The highest BCUT2D eigenvalue weighted by atomic mass is 19.1. The van der Waals surface area contributed by atoms with Gasteiger partial charge in [-0.05, 0) is 41.7 Å². The normalized spacial score (nSPS) is 16.1. The van der Waals surface area contributed by atoms with Crippen molar-refractivity contribution >= 4 is 17.3 Å². The Bertz CT molecular complexity index is 911. The number of nitrogens with zero attached hydrogens (tertiary/aromatic N) is 2. The lowest BCUT2D eigenvalue weighted by Gasteiger charge is -2.45. The summed E-state index contributed by atoms with van der Waals surface area (Å²) in [5, 5.41) is 11.6. The first-order chi connectivity index (χ1) is 13.8. The first kappa shape index (κ1) is 20.7. The van der Waals surface area contributed by atoms with Crippen molar-refractivity contribution in [1.29, 1.82) is 0 Å². The standard InChI is InChI=1S/C21H22F2N2O4/c1-3-14(11-20(26)29-2)15-4-9-18(19(10-15)25(27)28)24-12-21(23,13-24)16-5-7-17(22)8-6-16/h4-10,14H,3,11-13H2,1-2H3. The molecule has 2 aromatic rings. The van der Waals surface area contributed by atoms with Gasteiger partial charge in [0.15, 0.2) is 5.67 Å². The lowest BCUT2D eigenvalue weighted by Crippen LogP contribution is -2.57. The molecule has 29 heavy (non-hydrogen) atoms. The van der Waals surface area contributed by atoms with Crippen molar-refractivity contribution in [2.45, 2.75) is 31.4 Å². The van der Waals surface area contributed by atoms with Crippen LogP contribution >= 0.6 is 0 Å². The summed E-state index contributed by atoms with van der Waals surface area (Å²) in [6, 6.07) is 9.95. The van der Waals surface area contributed by atoms with E-state index in [9.17, 15) is 19.3 Å². The number of hydrogen-bond donors (Lipinski definition) is 0. The average molecular weight is 404 g/mol. The van der Waals surface area contributed by atoms with Crippen molar-refractivity contribution in [1.82, 2.24) is 0 Å². The number of carbonyl (C=O) groups is 1. The minimum Gasteiger partial charge on any atom is -0.469 e. The SMILES string of the molecule is CCC(CC(=O)OC)c1ccc(N2CC(F)(c3ccc(F)cc3)C2)c([N+](=O)[O-])c1. The van der Waals surface area contributed by atoms with E-state index in [4.69, 9.17) is 4.74 Å². The Hall–Kier alpha value is -3.03. The first-order valence-corrected chi connectivity index (χ1v) is 9.32. The number of nitro benzene ring substituents is 1. The van der Waals surface area contributed by atoms with Gasteiger partial charge >= 0.3 is 5.97 Å². The highest BCUT2D eigenvalue weighted by Crippen LogP contribution is 2.43. The monoisotopic (exact) mass is 404 g/mol. The average Bonchev–Trinajstić information content (AvgIpc) is 2.69. The lowest BCUT2D eigenvalue weighted by atomic mass is 9.86. The number of methoxy groups -OCH3 is 1. The Morgan fingerprint density at radius 1 is 1.28 bits per heavy atom. The molecule has 0 aliphatic carbocycles. The minimum atomic E-state index is -1.68. The minimum absolute atomic E-state index is 0.0574. The van der Waals surface area contributed by atoms with E-state index in [1.807, 2.05) is 6.92 Å². The van der Waals surface area contributed by atoms with Gasteiger partial charge in [-0.25, -0.2) is 8.78 Å². The Kier molecular flexibility index (Phi) is 5.81. The molecule has 1 aliphatic rings. The van der Waals surface area contributed by atoms with Gasteiger partial charge < -0.3 is 9.64 Å². The van der Waals surface area contributed by atoms with Crippen LogP contribution in [-0.2, 0) is 15.2 Å². The van der Waals surface area contributed by atoms with Gasteiger partial charge in [0.05, 0.1) is 31.5 Å². The Balaban J connectivity index is 1.82. The van der Waals surface area contributed by atoms with Gasteiger partial charge in [0, 0.05) is 6.07 Å². The van der Waals surface area contributed by atoms with E-state index in [2.05, 4.69) is 0 Å². The molecule has 1 atom stereocenters. The van der Waals surface area contributed by atoms with Gasteiger partial charge in [-0.2, -0.15) is 0 Å². The summed E-state index contributed by atoms with van der Waals surface area (Å²) in [5.74, 6) is -1.03. The molecule has 1 aliphatic heterocycles. The number of halogens is 2. The number of anilines is 1. The van der Waals surface area contributed by atoms with Gasteiger partial charge in [0.2, 0.25) is 0 Å². The molecule has 0 saturated carbocycles. The summed E-state index contributed by atoms with van der Waals surface area (Å²) in [7, 11) is 1.30. The quantitative estimate of drug-likeness (QED) is 0.387. The van der Waals surface area contributed by atoms with Crippen LogP contribution in [0.1, 0.15) is 36.8 Å². The summed E-state index contributed by atoms with van der Waals surface area (Å²) >= 11 is 0. The predicted molar refractivity (Wildman–Crippen MR) is 104 cm³/mol. The molecule has 0 amide bonds. The zero-order valence-electron chi connectivity index (χ0n) is 16.2. The van der Waals surface area contributed by atoms with Crippen LogP contribution in [0, 0.1) is 15.9 Å². The van der Waals surface area contributed by atoms with E-state index in [-0.39, 0.29) is 37.1 Å². The molecule has 1 saturated heterocycles. The molecule has 0 spiro atoms. The third kappa shape index (κ3) is 4.21. The molecule has 0 aromatic heterocycles. The van der Waals surface area contributed by atoms with Gasteiger partial charge in [0.1, 0.15) is 11.5 Å². The number of nitro groups is 1. The maximum atomic E-state index is 15.1. The van der Waals surface area contributed by atoms with Crippen molar-refractivity contribution in [2.75, 3.05) is 25.1 Å². The number of rotatable bonds is 7. The predicted octanol–water partition coefficient (Wildman–Crippen LogP) is 4.48. The van der Waals surface area contributed by atoms with Crippen molar-refractivity contribution in [3.05, 3.63) is 69.5 Å². The zero-order chi connectivity index (χ0) is 21.2. The molecule has 0 radical (unpaired) electrons. The van der Waals surface area contributed by atoms with Gasteiger partial charge in [-0.15, -0.1) is 0 Å². The fraction of sp³-hybridized carbons (Fsp3) is 0.381. The fourth-order valence-corrected chi connectivity index (χ4v) is 3.65. The molecule has 6 nitrogen and oxygen atoms in total. The molecule has 2 aromatic carbocycles. The van der Waals surface area contributed by atoms with Crippen molar-refractivity contribution in [2.24, 2.45) is 0 Å². The van der Waals surface area contributed by atoms with E-state index in [1.165, 1.54) is 37.4 Å². The number of esters is 1. The van der Waals surface area contributed by atoms with Crippen LogP contribution in [-0.4, -0.2) is 31.1 Å². The molecule has 0 N–H and O–H groups in total. The van der Waals surface area contributed by atoms with Crippen LogP contribution < -0.4 is 4.90 Å². The van der Waals surface area contributed by atoms with E-state index in [0.717, 1.165) is 0 Å². The molecule has 1 fully saturated rings. The topological polar surface area (TPSA) is 72.7 Å². The van der Waals surface area contributed by atoms with E-state index in [1.54, 1.807) is 17.0 Å². The summed E-state index contributed by atoms with van der Waals surface area (Å²) < 4.78 is 32.9. The van der Waals surface area contributed by atoms with Crippen molar-refractivity contribution in [3.8, 4) is 0 Å². The Labute approximate surface area is 167 Å². The van der Waals surface area contributed by atoms with E-state index in [0.29, 0.717) is 23.2 Å². The third-order valence-electron chi connectivity index (χ3n) is 5.39. The smallest absolute Gasteiger partial charge is 0.306 e. The highest BCUT2D eigenvalue weighted by molar-refractivity contribution is 5.71. The molecule has 1 heterocycles. The summed E-state index contributed by atoms with van der Waals surface area (Å²) in [6.45, 7) is 1.78. The molecule has 1 unspecified atom stereocenters. The summed E-state index contributed by atoms with van der Waals surface area (Å²) in [6.07, 6.45) is 0.749. The fourth-order valence-electron chi connectivity index (χ4n) is 3.65. The molecule has 0 bridgehead atoms. The second-order valence-corrected chi connectivity index (χ2v) is 7.22. The van der Waals surface area contributed by atoms with Gasteiger partial charge in [-0.1, -0.05) is 25.1 Å². The first-order valence-electron chi connectivity index (χ1n) is 9.32. The summed E-state index contributed by atoms with van der Waals surface area (Å²) in [5.41, 5.74) is -0.483. The number of hydrogen-bond acceptors (Lipinski definition) is 5. The Morgan fingerprint density at radius 3 is 2.48 bits per heavy atom. The van der Waals surface area contributed by atoms with Crippen LogP contribution in [0.15, 0.2) is 42.5 Å². The van der Waals surface area contributed by atoms with Gasteiger partial charge in [-0.3, -0.25) is 14.9 Å². The molecular weight excluding hydrogens is 382 g/mol. The molecular formula is C21H22F2N2O4. The number of carbonyl (C=O) groups excluding carboxylic acids is 1. The maximum Gasteiger partial charge on any atom is 0.306 e. The van der Waals surface area contributed by atoms with Crippen LogP contribution in [0.25, 0.3) is 0 Å².